The highest BCUT2D eigenvalue weighted by Gasteiger charge is 2.09. The number of hydrogen-bond acceptors (Lipinski definition) is 5. The second-order valence-electron chi connectivity index (χ2n) is 4.50. The maximum absolute atomic E-state index is 5.83. The van der Waals surface area contributed by atoms with E-state index in [0.29, 0.717) is 6.61 Å². The minimum Gasteiger partial charge on any atom is -0.486 e. The third-order valence-electron chi connectivity index (χ3n) is 2.88. The zero-order valence-electron chi connectivity index (χ0n) is 11.0. The van der Waals surface area contributed by atoms with E-state index in [-0.39, 0.29) is 0 Å². The molecule has 1 aromatic carbocycles. The first-order valence-corrected chi connectivity index (χ1v) is 6.83. The predicted octanol–water partition coefficient (Wildman–Crippen LogP) is 2.69. The largest absolute Gasteiger partial charge is 0.486 e. The molecule has 19 heavy (non-hydrogen) atoms. The smallest absolute Gasteiger partial charge is 0.234 e. The van der Waals surface area contributed by atoms with Crippen LogP contribution in [0.4, 0.5) is 0 Å². The Balaban J connectivity index is 1.80. The maximum Gasteiger partial charge on any atom is 0.234 e. The number of nitrogens with zero attached hydrogens (tertiary/aromatic N) is 4. The van der Waals surface area contributed by atoms with Crippen molar-refractivity contribution >= 4 is 16.3 Å². The van der Waals surface area contributed by atoms with E-state index in [4.69, 9.17) is 4.74 Å². The van der Waals surface area contributed by atoms with Crippen molar-refractivity contribution in [2.45, 2.75) is 27.4 Å². The Hall–Kier alpha value is -1.95. The Bertz CT molecular complexity index is 731. The average molecular weight is 274 g/mol. The molecule has 0 N–H and O–H groups in total. The minimum atomic E-state index is 0.456. The summed E-state index contributed by atoms with van der Waals surface area (Å²) in [5.41, 5.74) is 2.32. The van der Waals surface area contributed by atoms with Crippen LogP contribution in [-0.4, -0.2) is 19.8 Å². The zero-order valence-corrected chi connectivity index (χ0v) is 11.9. The molecule has 0 saturated heterocycles. The molecule has 0 aliphatic heterocycles. The average Bonchev–Trinajstić information content (AvgIpc) is 2.93. The topological polar surface area (TPSA) is 52.3 Å². The minimum absolute atomic E-state index is 0.456. The third-order valence-corrected chi connectivity index (χ3v) is 3.76. The summed E-state index contributed by atoms with van der Waals surface area (Å²) < 4.78 is 7.57. The van der Waals surface area contributed by atoms with E-state index in [1.54, 1.807) is 4.52 Å². The molecule has 0 bridgehead atoms. The molecule has 0 saturated carbocycles. The molecule has 0 aliphatic rings. The molecule has 5 nitrogen and oxygen atoms in total. The molecule has 98 valence electrons. The number of rotatable bonds is 3. The second kappa shape index (κ2) is 4.62. The van der Waals surface area contributed by atoms with Crippen LogP contribution in [0.3, 0.4) is 0 Å². The summed E-state index contributed by atoms with van der Waals surface area (Å²) in [5, 5.41) is 13.3. The predicted molar refractivity (Wildman–Crippen MR) is 73.6 cm³/mol. The Morgan fingerprint density at radius 2 is 2.05 bits per heavy atom. The van der Waals surface area contributed by atoms with E-state index in [9.17, 15) is 0 Å². The van der Waals surface area contributed by atoms with Gasteiger partial charge in [-0.05, 0) is 38.0 Å². The Kier molecular flexibility index (Phi) is 2.94. The lowest BCUT2D eigenvalue weighted by Crippen LogP contribution is -1.98. The van der Waals surface area contributed by atoms with E-state index in [1.807, 2.05) is 19.9 Å². The molecule has 0 atom stereocenters. The van der Waals surface area contributed by atoms with Crippen LogP contribution in [0.1, 0.15) is 22.0 Å². The molecule has 0 spiro atoms. The first kappa shape index (κ1) is 12.1. The summed E-state index contributed by atoms with van der Waals surface area (Å²) in [6.45, 7) is 6.43. The molecular formula is C13H14N4OS. The van der Waals surface area contributed by atoms with Crippen LogP contribution >= 0.6 is 11.3 Å². The lowest BCUT2D eigenvalue weighted by molar-refractivity contribution is 0.301. The van der Waals surface area contributed by atoms with Gasteiger partial charge in [-0.1, -0.05) is 23.5 Å². The van der Waals surface area contributed by atoms with Crippen molar-refractivity contribution in [3.63, 3.8) is 0 Å². The van der Waals surface area contributed by atoms with Crippen LogP contribution in [0.25, 0.3) is 4.96 Å². The van der Waals surface area contributed by atoms with E-state index in [0.717, 1.165) is 27.1 Å². The fourth-order valence-electron chi connectivity index (χ4n) is 1.82. The van der Waals surface area contributed by atoms with E-state index in [2.05, 4.69) is 34.4 Å². The second-order valence-corrected chi connectivity index (χ2v) is 5.54. The van der Waals surface area contributed by atoms with Gasteiger partial charge < -0.3 is 4.74 Å². The number of aryl methyl sites for hydroxylation is 3. The van der Waals surface area contributed by atoms with E-state index < -0.39 is 0 Å². The first-order chi connectivity index (χ1) is 9.13. The van der Waals surface area contributed by atoms with Gasteiger partial charge in [-0.2, -0.15) is 9.61 Å². The van der Waals surface area contributed by atoms with Gasteiger partial charge in [0, 0.05) is 0 Å². The van der Waals surface area contributed by atoms with Gasteiger partial charge >= 0.3 is 0 Å². The van der Waals surface area contributed by atoms with Crippen molar-refractivity contribution < 1.29 is 4.74 Å². The van der Waals surface area contributed by atoms with Crippen molar-refractivity contribution in [3.8, 4) is 5.75 Å². The van der Waals surface area contributed by atoms with Gasteiger partial charge in [-0.25, -0.2) is 0 Å². The number of benzene rings is 1. The molecule has 2 aromatic heterocycles. The van der Waals surface area contributed by atoms with Crippen LogP contribution < -0.4 is 4.74 Å². The van der Waals surface area contributed by atoms with Gasteiger partial charge in [-0.3, -0.25) is 0 Å². The molecule has 0 unspecified atom stereocenters. The third kappa shape index (κ3) is 2.31. The van der Waals surface area contributed by atoms with Crippen LogP contribution in [0.15, 0.2) is 18.2 Å². The van der Waals surface area contributed by atoms with E-state index >= 15 is 0 Å². The van der Waals surface area contributed by atoms with Crippen LogP contribution in [-0.2, 0) is 6.61 Å². The Morgan fingerprint density at radius 3 is 2.84 bits per heavy atom. The zero-order chi connectivity index (χ0) is 13.4. The van der Waals surface area contributed by atoms with Crippen molar-refractivity contribution in [3.05, 3.63) is 40.2 Å². The number of aromatic nitrogens is 4. The monoisotopic (exact) mass is 274 g/mol. The molecule has 0 fully saturated rings. The summed E-state index contributed by atoms with van der Waals surface area (Å²) in [6, 6.07) is 6.18. The summed E-state index contributed by atoms with van der Waals surface area (Å²) in [7, 11) is 0. The highest BCUT2D eigenvalue weighted by atomic mass is 32.1. The lowest BCUT2D eigenvalue weighted by Gasteiger charge is -2.07. The lowest BCUT2D eigenvalue weighted by atomic mass is 10.1. The Labute approximate surface area is 114 Å². The van der Waals surface area contributed by atoms with Crippen molar-refractivity contribution in [1.29, 1.82) is 0 Å². The fraction of sp³-hybridized carbons (Fsp3) is 0.308. The maximum atomic E-state index is 5.83. The van der Waals surface area contributed by atoms with Gasteiger partial charge in [0.15, 0.2) is 10.8 Å². The number of ether oxygens (including phenoxy) is 1. The molecule has 0 amide bonds. The van der Waals surface area contributed by atoms with Crippen molar-refractivity contribution in [2.75, 3.05) is 0 Å². The first-order valence-electron chi connectivity index (χ1n) is 6.01. The van der Waals surface area contributed by atoms with Crippen molar-refractivity contribution in [1.82, 2.24) is 19.8 Å². The molecule has 0 radical (unpaired) electrons. The summed E-state index contributed by atoms with van der Waals surface area (Å²) in [4.78, 5) is 0.803. The molecule has 3 aromatic rings. The van der Waals surface area contributed by atoms with Gasteiger partial charge in [0.25, 0.3) is 0 Å². The molecule has 3 rings (SSSR count). The Morgan fingerprint density at radius 1 is 1.21 bits per heavy atom. The highest BCUT2D eigenvalue weighted by Crippen LogP contribution is 2.21. The summed E-state index contributed by atoms with van der Waals surface area (Å²) in [5.74, 6) is 1.70. The summed E-state index contributed by atoms with van der Waals surface area (Å²) >= 11 is 1.50. The SMILES string of the molecule is Cc1ccc(C)c(OCc2nn3c(C)nnc3s2)c1. The molecule has 2 heterocycles. The number of hydrogen-bond donors (Lipinski definition) is 0. The van der Waals surface area contributed by atoms with Gasteiger partial charge in [0.1, 0.15) is 12.4 Å². The molecule has 0 aliphatic carbocycles. The number of fused-ring (bicyclic) bond motifs is 1. The van der Waals surface area contributed by atoms with E-state index in [1.165, 1.54) is 16.9 Å². The normalized spacial score (nSPS) is 11.1. The van der Waals surface area contributed by atoms with Gasteiger partial charge in [-0.15, -0.1) is 10.2 Å². The van der Waals surface area contributed by atoms with Crippen LogP contribution in [0.5, 0.6) is 5.75 Å². The van der Waals surface area contributed by atoms with Crippen LogP contribution in [0, 0.1) is 20.8 Å². The van der Waals surface area contributed by atoms with Crippen molar-refractivity contribution in [2.24, 2.45) is 0 Å². The van der Waals surface area contributed by atoms with Gasteiger partial charge in [0.2, 0.25) is 4.96 Å². The standard InChI is InChI=1S/C13H14N4OS/c1-8-4-5-9(2)11(6-8)18-7-12-16-17-10(3)14-15-13(17)19-12/h4-6H,7H2,1-3H3. The highest BCUT2D eigenvalue weighted by molar-refractivity contribution is 7.16. The molecular weight excluding hydrogens is 260 g/mol. The molecule has 6 heteroatoms. The quantitative estimate of drug-likeness (QED) is 0.737. The van der Waals surface area contributed by atoms with Crippen LogP contribution in [0.2, 0.25) is 0 Å². The fourth-order valence-corrected chi connectivity index (χ4v) is 2.61. The van der Waals surface area contributed by atoms with Gasteiger partial charge in [0.05, 0.1) is 0 Å². The summed E-state index contributed by atoms with van der Waals surface area (Å²) in [6.07, 6.45) is 0.